The van der Waals surface area contributed by atoms with Gasteiger partial charge >= 0.3 is 0 Å². The van der Waals surface area contributed by atoms with Gasteiger partial charge in [0.2, 0.25) is 0 Å². The van der Waals surface area contributed by atoms with Crippen molar-refractivity contribution in [1.29, 1.82) is 0 Å². The zero-order valence-electron chi connectivity index (χ0n) is 12.1. The normalized spacial score (nSPS) is 15.0. The van der Waals surface area contributed by atoms with E-state index in [0.29, 0.717) is 12.0 Å². The van der Waals surface area contributed by atoms with Crippen molar-refractivity contribution < 1.29 is 0 Å². The van der Waals surface area contributed by atoms with Crippen LogP contribution in [0.25, 0.3) is 0 Å². The Morgan fingerprint density at radius 2 is 2.21 bits per heavy atom. The van der Waals surface area contributed by atoms with E-state index in [4.69, 9.17) is 11.6 Å². The quantitative estimate of drug-likeness (QED) is 0.829. The monoisotopic (exact) mass is 281 g/mol. The summed E-state index contributed by atoms with van der Waals surface area (Å²) in [6.07, 6.45) is 5.54. The summed E-state index contributed by atoms with van der Waals surface area (Å²) >= 11 is 6.21. The van der Waals surface area contributed by atoms with Crippen molar-refractivity contribution in [3.05, 3.63) is 22.8 Å². The highest BCUT2D eigenvalue weighted by Crippen LogP contribution is 2.23. The smallest absolute Gasteiger partial charge is 0.128 e. The number of nitrogens with one attached hydrogen (secondary N) is 1. The van der Waals surface area contributed by atoms with Gasteiger partial charge in [-0.25, -0.2) is 4.98 Å². The van der Waals surface area contributed by atoms with Gasteiger partial charge in [-0.05, 0) is 36.8 Å². The maximum Gasteiger partial charge on any atom is 0.128 e. The van der Waals surface area contributed by atoms with Crippen LogP contribution in [-0.2, 0) is 6.54 Å². The van der Waals surface area contributed by atoms with E-state index >= 15 is 0 Å². The van der Waals surface area contributed by atoms with E-state index < -0.39 is 0 Å². The van der Waals surface area contributed by atoms with Gasteiger partial charge in [0.15, 0.2) is 0 Å². The summed E-state index contributed by atoms with van der Waals surface area (Å²) < 4.78 is 0. The second kappa shape index (κ2) is 6.58. The molecule has 0 aliphatic heterocycles. The van der Waals surface area contributed by atoms with Crippen LogP contribution in [0.4, 0.5) is 5.82 Å². The van der Waals surface area contributed by atoms with Crippen LogP contribution in [0.2, 0.25) is 5.02 Å². The van der Waals surface area contributed by atoms with E-state index in [1.807, 2.05) is 0 Å². The summed E-state index contributed by atoms with van der Waals surface area (Å²) in [5, 5.41) is 4.26. The number of halogens is 1. The molecule has 1 fully saturated rings. The molecule has 0 atom stereocenters. The van der Waals surface area contributed by atoms with Gasteiger partial charge in [0.1, 0.15) is 5.82 Å². The summed E-state index contributed by atoms with van der Waals surface area (Å²) in [6.45, 7) is 6.36. The molecule has 0 unspecified atom stereocenters. The van der Waals surface area contributed by atoms with Gasteiger partial charge in [0.25, 0.3) is 0 Å². The minimum atomic E-state index is 0.700. The molecule has 1 heterocycles. The predicted octanol–water partition coefficient (Wildman–Crippen LogP) is 3.47. The number of hydrogen-bond donors (Lipinski definition) is 1. The molecule has 19 heavy (non-hydrogen) atoms. The lowest BCUT2D eigenvalue weighted by Crippen LogP contribution is -2.22. The van der Waals surface area contributed by atoms with E-state index in [0.717, 1.165) is 29.5 Å². The fourth-order valence-electron chi connectivity index (χ4n) is 1.92. The Bertz CT molecular complexity index is 416. The van der Waals surface area contributed by atoms with Crippen LogP contribution in [0.5, 0.6) is 0 Å². The summed E-state index contributed by atoms with van der Waals surface area (Å²) in [5.74, 6) is 1.73. The third-order valence-corrected chi connectivity index (χ3v) is 3.85. The maximum absolute atomic E-state index is 6.21. The standard InChI is InChI=1S/C15H24ClN3/c1-11(2)6-7-19(3)15-8-12(14(16)10-18-15)9-17-13-4-5-13/h8,10-11,13,17H,4-7,9H2,1-3H3. The Hall–Kier alpha value is -0.800. The van der Waals surface area contributed by atoms with Gasteiger partial charge in [-0.2, -0.15) is 0 Å². The van der Waals surface area contributed by atoms with Crippen molar-refractivity contribution in [2.24, 2.45) is 5.92 Å². The van der Waals surface area contributed by atoms with Crippen LogP contribution in [0.1, 0.15) is 38.7 Å². The minimum absolute atomic E-state index is 0.700. The Labute approximate surface area is 121 Å². The van der Waals surface area contributed by atoms with E-state index in [2.05, 4.69) is 42.2 Å². The van der Waals surface area contributed by atoms with E-state index in [1.54, 1.807) is 6.20 Å². The van der Waals surface area contributed by atoms with Crippen LogP contribution in [-0.4, -0.2) is 24.6 Å². The van der Waals surface area contributed by atoms with Crippen LogP contribution in [0, 0.1) is 5.92 Å². The number of aromatic nitrogens is 1. The van der Waals surface area contributed by atoms with Crippen LogP contribution < -0.4 is 10.2 Å². The molecule has 4 heteroatoms. The number of nitrogens with zero attached hydrogens (tertiary/aromatic N) is 2. The zero-order chi connectivity index (χ0) is 13.8. The first kappa shape index (κ1) is 14.6. The largest absolute Gasteiger partial charge is 0.360 e. The molecule has 0 aromatic carbocycles. The van der Waals surface area contributed by atoms with E-state index in [1.165, 1.54) is 19.3 Å². The molecule has 0 bridgehead atoms. The van der Waals surface area contributed by atoms with Gasteiger partial charge in [-0.1, -0.05) is 25.4 Å². The summed E-state index contributed by atoms with van der Waals surface area (Å²) in [5.41, 5.74) is 1.15. The summed E-state index contributed by atoms with van der Waals surface area (Å²) in [4.78, 5) is 6.63. The number of rotatable bonds is 7. The lowest BCUT2D eigenvalue weighted by molar-refractivity contribution is 0.583. The SMILES string of the molecule is CC(C)CCN(C)c1cc(CNC2CC2)c(Cl)cn1. The molecule has 0 spiro atoms. The van der Waals surface area contributed by atoms with Crippen LogP contribution in [0.3, 0.4) is 0 Å². The molecule has 1 aromatic heterocycles. The molecule has 106 valence electrons. The zero-order valence-corrected chi connectivity index (χ0v) is 12.9. The van der Waals surface area contributed by atoms with Gasteiger partial charge in [0, 0.05) is 32.4 Å². The predicted molar refractivity (Wildman–Crippen MR) is 81.8 cm³/mol. The van der Waals surface area contributed by atoms with Gasteiger partial charge in [-0.3, -0.25) is 0 Å². The highest BCUT2D eigenvalue weighted by atomic mass is 35.5. The fraction of sp³-hybridized carbons (Fsp3) is 0.667. The van der Waals surface area contributed by atoms with Crippen molar-refractivity contribution in [2.45, 2.75) is 45.7 Å². The second-order valence-electron chi connectivity index (χ2n) is 5.89. The molecule has 1 aliphatic carbocycles. The average molecular weight is 282 g/mol. The van der Waals surface area contributed by atoms with E-state index in [-0.39, 0.29) is 0 Å². The van der Waals surface area contributed by atoms with Crippen molar-refractivity contribution in [2.75, 3.05) is 18.5 Å². The minimum Gasteiger partial charge on any atom is -0.360 e. The summed E-state index contributed by atoms with van der Waals surface area (Å²) in [7, 11) is 2.09. The van der Waals surface area contributed by atoms with Crippen molar-refractivity contribution in [3.63, 3.8) is 0 Å². The molecular weight excluding hydrogens is 258 g/mol. The summed E-state index contributed by atoms with van der Waals surface area (Å²) in [6, 6.07) is 2.81. The first-order valence-electron chi connectivity index (χ1n) is 7.15. The first-order chi connectivity index (χ1) is 9.06. The average Bonchev–Trinajstić information content (AvgIpc) is 3.19. The van der Waals surface area contributed by atoms with Crippen molar-refractivity contribution >= 4 is 17.4 Å². The fourth-order valence-corrected chi connectivity index (χ4v) is 2.09. The third kappa shape index (κ3) is 4.66. The first-order valence-corrected chi connectivity index (χ1v) is 7.53. The molecule has 3 nitrogen and oxygen atoms in total. The van der Waals surface area contributed by atoms with Gasteiger partial charge < -0.3 is 10.2 Å². The molecule has 1 aliphatic rings. The lowest BCUT2D eigenvalue weighted by atomic mass is 10.1. The van der Waals surface area contributed by atoms with Crippen molar-refractivity contribution in [1.82, 2.24) is 10.3 Å². The Morgan fingerprint density at radius 1 is 1.47 bits per heavy atom. The molecule has 0 radical (unpaired) electrons. The Kier molecular flexibility index (Phi) is 5.06. The Balaban J connectivity index is 1.97. The molecule has 0 amide bonds. The van der Waals surface area contributed by atoms with Gasteiger partial charge in [0.05, 0.1) is 5.02 Å². The molecule has 1 aromatic rings. The highest BCUT2D eigenvalue weighted by Gasteiger charge is 2.20. The Morgan fingerprint density at radius 3 is 2.84 bits per heavy atom. The highest BCUT2D eigenvalue weighted by molar-refractivity contribution is 6.31. The number of hydrogen-bond acceptors (Lipinski definition) is 3. The van der Waals surface area contributed by atoms with Crippen LogP contribution >= 0.6 is 11.6 Å². The van der Waals surface area contributed by atoms with E-state index in [9.17, 15) is 0 Å². The lowest BCUT2D eigenvalue weighted by Gasteiger charge is -2.20. The molecule has 2 rings (SSSR count). The van der Waals surface area contributed by atoms with Crippen LogP contribution in [0.15, 0.2) is 12.3 Å². The topological polar surface area (TPSA) is 28.2 Å². The number of pyridine rings is 1. The second-order valence-corrected chi connectivity index (χ2v) is 6.30. The molecule has 1 N–H and O–H groups in total. The maximum atomic E-state index is 6.21. The molecular formula is C15H24ClN3. The third-order valence-electron chi connectivity index (χ3n) is 3.51. The van der Waals surface area contributed by atoms with Crippen molar-refractivity contribution in [3.8, 4) is 0 Å². The number of anilines is 1. The molecule has 1 saturated carbocycles. The van der Waals surface area contributed by atoms with Gasteiger partial charge in [-0.15, -0.1) is 0 Å². The molecule has 0 saturated heterocycles.